The van der Waals surface area contributed by atoms with E-state index in [0.29, 0.717) is 29.8 Å². The molecule has 2 rings (SSSR count). The predicted molar refractivity (Wildman–Crippen MR) is 107 cm³/mol. The minimum absolute atomic E-state index is 0.351. The van der Waals surface area contributed by atoms with Gasteiger partial charge in [-0.2, -0.15) is 0 Å². The number of ether oxygens (including phenoxy) is 1. The Morgan fingerprint density at radius 3 is 2.63 bits per heavy atom. The molecule has 2 N–H and O–H groups in total. The molecule has 0 radical (unpaired) electrons. The van der Waals surface area contributed by atoms with E-state index in [4.69, 9.17) is 4.74 Å². The van der Waals surface area contributed by atoms with Crippen molar-refractivity contribution in [3.05, 3.63) is 53.2 Å². The lowest BCUT2D eigenvalue weighted by Crippen LogP contribution is -2.37. The Bertz CT molecular complexity index is 911. The zero-order valence-corrected chi connectivity index (χ0v) is 16.9. The number of methoxy groups -OCH3 is 1. The van der Waals surface area contributed by atoms with Crippen molar-refractivity contribution < 1.29 is 13.2 Å². The van der Waals surface area contributed by atoms with Gasteiger partial charge in [-0.25, -0.2) is 18.4 Å². The highest BCUT2D eigenvalue weighted by Gasteiger charge is 2.10. The molecule has 2 aromatic rings. The molecule has 0 amide bonds. The topological polar surface area (TPSA) is 92.7 Å². The molecule has 27 heavy (non-hydrogen) atoms. The SMILES string of the molecule is CCNC(=NCc1ccc(S(C)(=O)=O)c(C)c1)NCc1cccc(OC)n1. The summed E-state index contributed by atoms with van der Waals surface area (Å²) in [6.45, 7) is 5.46. The van der Waals surface area contributed by atoms with Gasteiger partial charge in [-0.3, -0.25) is 0 Å². The molecule has 0 unspecified atom stereocenters. The second kappa shape index (κ2) is 9.36. The standard InChI is InChI=1S/C19H26N4O3S/c1-5-20-19(22-13-16-7-6-8-18(23-16)26-3)21-12-15-9-10-17(14(2)11-15)27(4,24)25/h6-11H,5,12-13H2,1-4H3,(H2,20,21,22). The molecule has 0 saturated heterocycles. The molecule has 1 heterocycles. The molecular formula is C19H26N4O3S. The number of aryl methyl sites for hydroxylation is 1. The summed E-state index contributed by atoms with van der Waals surface area (Å²) in [6.07, 6.45) is 1.22. The summed E-state index contributed by atoms with van der Waals surface area (Å²) in [5.74, 6) is 1.23. The fourth-order valence-corrected chi connectivity index (χ4v) is 3.54. The van der Waals surface area contributed by atoms with Gasteiger partial charge in [0.25, 0.3) is 0 Å². The van der Waals surface area contributed by atoms with E-state index in [9.17, 15) is 8.42 Å². The van der Waals surface area contributed by atoms with Crippen molar-refractivity contribution in [2.75, 3.05) is 19.9 Å². The highest BCUT2D eigenvalue weighted by Crippen LogP contribution is 2.17. The van der Waals surface area contributed by atoms with Crippen LogP contribution in [0.15, 0.2) is 46.3 Å². The van der Waals surface area contributed by atoms with Crippen LogP contribution in [0, 0.1) is 6.92 Å². The van der Waals surface area contributed by atoms with E-state index in [2.05, 4.69) is 20.6 Å². The molecule has 146 valence electrons. The Morgan fingerprint density at radius 1 is 1.22 bits per heavy atom. The number of benzene rings is 1. The average molecular weight is 391 g/mol. The van der Waals surface area contributed by atoms with E-state index in [1.54, 1.807) is 32.2 Å². The molecule has 0 aliphatic rings. The van der Waals surface area contributed by atoms with Crippen LogP contribution >= 0.6 is 0 Å². The Balaban J connectivity index is 2.07. The first kappa shape index (κ1) is 20.7. The van der Waals surface area contributed by atoms with Gasteiger partial charge < -0.3 is 15.4 Å². The summed E-state index contributed by atoms with van der Waals surface area (Å²) in [5.41, 5.74) is 2.51. The molecule has 7 nitrogen and oxygen atoms in total. The van der Waals surface area contributed by atoms with Crippen LogP contribution in [0.2, 0.25) is 0 Å². The lowest BCUT2D eigenvalue weighted by atomic mass is 10.1. The second-order valence-electron chi connectivity index (χ2n) is 6.09. The summed E-state index contributed by atoms with van der Waals surface area (Å²) in [4.78, 5) is 9.27. The number of nitrogens with zero attached hydrogens (tertiary/aromatic N) is 2. The molecule has 0 atom stereocenters. The summed E-state index contributed by atoms with van der Waals surface area (Å²) >= 11 is 0. The van der Waals surface area contributed by atoms with Gasteiger partial charge in [-0.15, -0.1) is 0 Å². The number of hydrogen-bond donors (Lipinski definition) is 2. The third kappa shape index (κ3) is 6.25. The molecule has 0 aliphatic heterocycles. The van der Waals surface area contributed by atoms with Crippen LogP contribution in [0.1, 0.15) is 23.7 Å². The Hall–Kier alpha value is -2.61. The lowest BCUT2D eigenvalue weighted by molar-refractivity contribution is 0.396. The van der Waals surface area contributed by atoms with E-state index in [1.807, 2.05) is 25.1 Å². The van der Waals surface area contributed by atoms with Gasteiger partial charge >= 0.3 is 0 Å². The highest BCUT2D eigenvalue weighted by molar-refractivity contribution is 7.90. The maximum Gasteiger partial charge on any atom is 0.213 e. The van der Waals surface area contributed by atoms with Crippen molar-refractivity contribution in [1.82, 2.24) is 15.6 Å². The lowest BCUT2D eigenvalue weighted by Gasteiger charge is -2.12. The maximum absolute atomic E-state index is 11.7. The summed E-state index contributed by atoms with van der Waals surface area (Å²) < 4.78 is 28.6. The minimum Gasteiger partial charge on any atom is -0.481 e. The van der Waals surface area contributed by atoms with Gasteiger partial charge in [-0.1, -0.05) is 18.2 Å². The van der Waals surface area contributed by atoms with Crippen molar-refractivity contribution in [3.63, 3.8) is 0 Å². The molecule has 0 saturated carbocycles. The summed E-state index contributed by atoms with van der Waals surface area (Å²) in [5, 5.41) is 6.42. The molecule has 0 spiro atoms. The quantitative estimate of drug-likeness (QED) is 0.555. The van der Waals surface area contributed by atoms with Crippen LogP contribution in [0.3, 0.4) is 0 Å². The first-order valence-electron chi connectivity index (χ1n) is 8.65. The van der Waals surface area contributed by atoms with Gasteiger partial charge in [0.2, 0.25) is 5.88 Å². The Morgan fingerprint density at radius 2 is 2.00 bits per heavy atom. The molecular weight excluding hydrogens is 364 g/mol. The summed E-state index contributed by atoms with van der Waals surface area (Å²) in [6, 6.07) is 10.9. The van der Waals surface area contributed by atoms with E-state index >= 15 is 0 Å². The van der Waals surface area contributed by atoms with Crippen LogP contribution < -0.4 is 15.4 Å². The third-order valence-corrected chi connectivity index (χ3v) is 5.09. The van der Waals surface area contributed by atoms with E-state index in [1.165, 1.54) is 6.26 Å². The first-order chi connectivity index (χ1) is 12.8. The largest absolute Gasteiger partial charge is 0.481 e. The Kier molecular flexibility index (Phi) is 7.18. The van der Waals surface area contributed by atoms with Gasteiger partial charge in [0.05, 0.1) is 30.8 Å². The predicted octanol–water partition coefficient (Wildman–Crippen LogP) is 2.06. The number of nitrogens with one attached hydrogen (secondary N) is 2. The smallest absolute Gasteiger partial charge is 0.213 e. The zero-order chi connectivity index (χ0) is 19.9. The summed E-state index contributed by atoms with van der Waals surface area (Å²) in [7, 11) is -1.63. The number of rotatable bonds is 7. The van der Waals surface area contributed by atoms with E-state index in [0.717, 1.165) is 23.4 Å². The van der Waals surface area contributed by atoms with Gasteiger partial charge in [-0.05, 0) is 37.1 Å². The Labute approximate surface area is 160 Å². The average Bonchev–Trinajstić information content (AvgIpc) is 2.63. The van der Waals surface area contributed by atoms with Crippen molar-refractivity contribution in [3.8, 4) is 5.88 Å². The second-order valence-corrected chi connectivity index (χ2v) is 8.08. The normalized spacial score (nSPS) is 11.9. The van der Waals surface area contributed by atoms with Gasteiger partial charge in [0.15, 0.2) is 15.8 Å². The third-order valence-electron chi connectivity index (χ3n) is 3.83. The van der Waals surface area contributed by atoms with Crippen LogP contribution in [0.5, 0.6) is 5.88 Å². The first-order valence-corrected chi connectivity index (χ1v) is 10.5. The van der Waals surface area contributed by atoms with Gasteiger partial charge in [0, 0.05) is 18.9 Å². The number of pyridine rings is 1. The minimum atomic E-state index is -3.21. The molecule has 8 heteroatoms. The van der Waals surface area contributed by atoms with Crippen LogP contribution in [0.4, 0.5) is 0 Å². The number of guanidine groups is 1. The van der Waals surface area contributed by atoms with Crippen molar-refractivity contribution >= 4 is 15.8 Å². The number of sulfone groups is 1. The zero-order valence-electron chi connectivity index (χ0n) is 16.1. The van der Waals surface area contributed by atoms with E-state index < -0.39 is 9.84 Å². The number of aliphatic imine (C=N–C) groups is 1. The van der Waals surface area contributed by atoms with Crippen molar-refractivity contribution in [1.29, 1.82) is 0 Å². The number of hydrogen-bond acceptors (Lipinski definition) is 5. The fraction of sp³-hybridized carbons (Fsp3) is 0.368. The fourth-order valence-electron chi connectivity index (χ4n) is 2.58. The van der Waals surface area contributed by atoms with Gasteiger partial charge in [0.1, 0.15) is 0 Å². The molecule has 0 bridgehead atoms. The van der Waals surface area contributed by atoms with Crippen molar-refractivity contribution in [2.24, 2.45) is 4.99 Å². The molecule has 0 fully saturated rings. The van der Waals surface area contributed by atoms with Crippen LogP contribution in [-0.4, -0.2) is 39.3 Å². The maximum atomic E-state index is 11.7. The monoisotopic (exact) mass is 390 g/mol. The van der Waals surface area contributed by atoms with E-state index in [-0.39, 0.29) is 0 Å². The molecule has 0 aliphatic carbocycles. The molecule has 1 aromatic carbocycles. The van der Waals surface area contributed by atoms with Crippen molar-refractivity contribution in [2.45, 2.75) is 31.8 Å². The molecule has 1 aromatic heterocycles. The highest BCUT2D eigenvalue weighted by atomic mass is 32.2. The van der Waals surface area contributed by atoms with Crippen LogP contribution in [-0.2, 0) is 22.9 Å². The number of aromatic nitrogens is 1. The van der Waals surface area contributed by atoms with Crippen LogP contribution in [0.25, 0.3) is 0 Å².